The van der Waals surface area contributed by atoms with Gasteiger partial charge in [-0.05, 0) is 61.4 Å². The summed E-state index contributed by atoms with van der Waals surface area (Å²) in [5.74, 6) is 0.355. The number of carbonyl (C=O) groups excluding carboxylic acids is 2. The van der Waals surface area contributed by atoms with Gasteiger partial charge in [-0.15, -0.1) is 0 Å². The molecule has 1 fully saturated rings. The van der Waals surface area contributed by atoms with E-state index in [0.29, 0.717) is 29.9 Å². The minimum Gasteiger partial charge on any atom is -0.493 e. The second kappa shape index (κ2) is 11.9. The van der Waals surface area contributed by atoms with E-state index in [4.69, 9.17) is 16.3 Å². The number of carbonyl (C=O) groups is 2. The molecule has 41 heavy (non-hydrogen) atoms. The second-order valence-corrected chi connectivity index (χ2v) is 10.5. The topological polar surface area (TPSA) is 86.8 Å². The van der Waals surface area contributed by atoms with Crippen LogP contribution in [0.15, 0.2) is 60.9 Å². The van der Waals surface area contributed by atoms with E-state index in [-0.39, 0.29) is 17.0 Å². The molecule has 0 bridgehead atoms. The molecular formula is C29H29ClF3N5O3. The summed E-state index contributed by atoms with van der Waals surface area (Å²) in [6.07, 6.45) is 0.838. The first-order valence-electron chi connectivity index (χ1n) is 13.2. The van der Waals surface area contributed by atoms with Gasteiger partial charge in [-0.2, -0.15) is 13.2 Å². The van der Waals surface area contributed by atoms with Crippen molar-refractivity contribution in [1.29, 1.82) is 0 Å². The quantitative estimate of drug-likeness (QED) is 0.374. The van der Waals surface area contributed by atoms with Crippen molar-refractivity contribution < 1.29 is 27.5 Å². The van der Waals surface area contributed by atoms with Gasteiger partial charge in [0.25, 0.3) is 5.91 Å². The zero-order chi connectivity index (χ0) is 29.1. The molecule has 5 rings (SSSR count). The molecule has 1 atom stereocenters. The van der Waals surface area contributed by atoms with Gasteiger partial charge in [0.2, 0.25) is 0 Å². The van der Waals surface area contributed by atoms with Crippen molar-refractivity contribution >= 4 is 34.9 Å². The molecular weight excluding hydrogens is 559 g/mol. The number of nitrogens with zero attached hydrogens (tertiary/aromatic N) is 3. The van der Waals surface area contributed by atoms with Crippen LogP contribution in [0.5, 0.6) is 5.75 Å². The normalized spacial score (nSPS) is 17.3. The van der Waals surface area contributed by atoms with Crippen molar-refractivity contribution in [3.8, 4) is 5.75 Å². The van der Waals surface area contributed by atoms with Crippen LogP contribution >= 0.6 is 11.6 Å². The standard InChI is InChI=1S/C29H29ClF3N5O3/c1-37(20-8-13-38(14-9-20)21-6-11-34-12-7-21)27(39)18-2-5-26-22(16-18)24(10-15-41-26)35-28(40)36-25-4-3-19(30)17-23(25)29(31,32)33/h2-7,11-12,16-17,20,24H,8-10,13-15H2,1H3,(H2,35,36,40). The molecule has 8 nitrogen and oxygen atoms in total. The molecule has 0 saturated carbocycles. The highest BCUT2D eigenvalue weighted by Crippen LogP contribution is 2.37. The highest BCUT2D eigenvalue weighted by molar-refractivity contribution is 6.30. The lowest BCUT2D eigenvalue weighted by molar-refractivity contribution is -0.136. The summed E-state index contributed by atoms with van der Waals surface area (Å²) in [4.78, 5) is 34.3. The molecule has 12 heteroatoms. The van der Waals surface area contributed by atoms with Crippen LogP contribution in [-0.2, 0) is 6.18 Å². The predicted molar refractivity (Wildman–Crippen MR) is 149 cm³/mol. The number of fused-ring (bicyclic) bond motifs is 1. The number of nitrogens with one attached hydrogen (secondary N) is 2. The monoisotopic (exact) mass is 587 g/mol. The highest BCUT2D eigenvalue weighted by Gasteiger charge is 2.35. The van der Waals surface area contributed by atoms with Gasteiger partial charge in [0, 0.05) is 66.8 Å². The Labute approximate surface area is 240 Å². The number of benzene rings is 2. The van der Waals surface area contributed by atoms with E-state index in [1.807, 2.05) is 12.1 Å². The number of hydrogen-bond acceptors (Lipinski definition) is 5. The molecule has 3 aromatic rings. The molecule has 0 aliphatic carbocycles. The second-order valence-electron chi connectivity index (χ2n) is 10.1. The SMILES string of the molecule is CN(C(=O)c1ccc2c(c1)C(NC(=O)Nc1ccc(Cl)cc1C(F)(F)F)CCO2)C1CCN(c2ccncc2)CC1. The average Bonchev–Trinajstić information content (AvgIpc) is 2.97. The van der Waals surface area contributed by atoms with Crippen LogP contribution in [-0.4, -0.2) is 54.6 Å². The van der Waals surface area contributed by atoms with E-state index in [9.17, 15) is 22.8 Å². The minimum atomic E-state index is -4.70. The molecule has 1 saturated heterocycles. The number of urea groups is 1. The summed E-state index contributed by atoms with van der Waals surface area (Å²) in [6.45, 7) is 1.93. The molecule has 2 aromatic carbocycles. The molecule has 2 N–H and O–H groups in total. The fraction of sp³-hybridized carbons (Fsp3) is 0.345. The van der Waals surface area contributed by atoms with Gasteiger partial charge < -0.3 is 25.2 Å². The number of ether oxygens (including phenoxy) is 1. The number of anilines is 2. The fourth-order valence-electron chi connectivity index (χ4n) is 5.29. The van der Waals surface area contributed by atoms with Gasteiger partial charge in [0.1, 0.15) is 5.75 Å². The van der Waals surface area contributed by atoms with Gasteiger partial charge in [-0.25, -0.2) is 4.79 Å². The zero-order valence-electron chi connectivity index (χ0n) is 22.2. The lowest BCUT2D eigenvalue weighted by atomic mass is 9.97. The van der Waals surface area contributed by atoms with Crippen LogP contribution in [0.4, 0.5) is 29.3 Å². The van der Waals surface area contributed by atoms with Crippen molar-refractivity contribution in [3.05, 3.63) is 82.6 Å². The molecule has 1 aromatic heterocycles. The van der Waals surface area contributed by atoms with Gasteiger partial charge in [-0.1, -0.05) is 11.6 Å². The molecule has 2 aliphatic heterocycles. The van der Waals surface area contributed by atoms with E-state index >= 15 is 0 Å². The molecule has 2 aliphatic rings. The first-order chi connectivity index (χ1) is 19.6. The lowest BCUT2D eigenvalue weighted by Crippen LogP contribution is -2.45. The molecule has 1 unspecified atom stereocenters. The summed E-state index contributed by atoms with van der Waals surface area (Å²) in [5, 5.41) is 4.92. The van der Waals surface area contributed by atoms with Crippen LogP contribution in [0.25, 0.3) is 0 Å². The summed E-state index contributed by atoms with van der Waals surface area (Å²) in [6, 6.07) is 10.8. The molecule has 0 spiro atoms. The minimum absolute atomic E-state index is 0.0646. The zero-order valence-corrected chi connectivity index (χ0v) is 23.0. The number of halogens is 4. The third-order valence-corrected chi connectivity index (χ3v) is 7.73. The van der Waals surface area contributed by atoms with Crippen LogP contribution < -0.4 is 20.3 Å². The van der Waals surface area contributed by atoms with Crippen LogP contribution in [0.3, 0.4) is 0 Å². The largest absolute Gasteiger partial charge is 0.493 e. The summed E-state index contributed by atoms with van der Waals surface area (Å²) in [5.41, 5.74) is 0.681. The summed E-state index contributed by atoms with van der Waals surface area (Å²) >= 11 is 5.74. The smallest absolute Gasteiger partial charge is 0.418 e. The Bertz CT molecular complexity index is 1410. The van der Waals surface area contributed by atoms with Gasteiger partial charge in [0.05, 0.1) is 23.9 Å². The Morgan fingerprint density at radius 2 is 1.78 bits per heavy atom. The Balaban J connectivity index is 1.26. The molecule has 3 heterocycles. The number of alkyl halides is 3. The lowest BCUT2D eigenvalue weighted by Gasteiger charge is -2.38. The van der Waals surface area contributed by atoms with Crippen LogP contribution in [0, 0.1) is 0 Å². The van der Waals surface area contributed by atoms with Crippen molar-refractivity contribution in [2.75, 3.05) is 37.0 Å². The highest BCUT2D eigenvalue weighted by atomic mass is 35.5. The average molecular weight is 588 g/mol. The number of aromatic nitrogens is 1. The maximum Gasteiger partial charge on any atom is 0.418 e. The Morgan fingerprint density at radius 3 is 2.49 bits per heavy atom. The van der Waals surface area contributed by atoms with E-state index in [0.717, 1.165) is 43.8 Å². The van der Waals surface area contributed by atoms with Crippen molar-refractivity contribution in [3.63, 3.8) is 0 Å². The third-order valence-electron chi connectivity index (χ3n) is 7.50. The number of piperidine rings is 1. The van der Waals surface area contributed by atoms with E-state index < -0.39 is 29.5 Å². The summed E-state index contributed by atoms with van der Waals surface area (Å²) in [7, 11) is 1.79. The van der Waals surface area contributed by atoms with Crippen LogP contribution in [0.1, 0.15) is 46.8 Å². The maximum absolute atomic E-state index is 13.5. The number of amides is 3. The molecule has 216 valence electrons. The number of hydrogen-bond donors (Lipinski definition) is 2. The van der Waals surface area contributed by atoms with Crippen molar-refractivity contribution in [1.82, 2.24) is 15.2 Å². The van der Waals surface area contributed by atoms with Crippen molar-refractivity contribution in [2.45, 2.75) is 37.5 Å². The Kier molecular flexibility index (Phi) is 8.25. The predicted octanol–water partition coefficient (Wildman–Crippen LogP) is 6.14. The maximum atomic E-state index is 13.5. The Morgan fingerprint density at radius 1 is 1.05 bits per heavy atom. The van der Waals surface area contributed by atoms with Gasteiger partial charge in [-0.3, -0.25) is 9.78 Å². The molecule has 3 amide bonds. The van der Waals surface area contributed by atoms with Crippen molar-refractivity contribution in [2.24, 2.45) is 0 Å². The van der Waals surface area contributed by atoms with Crippen LogP contribution in [0.2, 0.25) is 5.02 Å². The van der Waals surface area contributed by atoms with E-state index in [2.05, 4.69) is 20.5 Å². The fourth-order valence-corrected chi connectivity index (χ4v) is 5.46. The number of pyridine rings is 1. The van der Waals surface area contributed by atoms with E-state index in [1.165, 1.54) is 6.07 Å². The van der Waals surface area contributed by atoms with Gasteiger partial charge >= 0.3 is 12.2 Å². The first-order valence-corrected chi connectivity index (χ1v) is 13.6. The Hall–Kier alpha value is -3.99. The first kappa shape index (κ1) is 28.5. The van der Waals surface area contributed by atoms with Gasteiger partial charge in [0.15, 0.2) is 0 Å². The van der Waals surface area contributed by atoms with E-state index in [1.54, 1.807) is 42.5 Å². The summed E-state index contributed by atoms with van der Waals surface area (Å²) < 4.78 is 46.1. The number of rotatable bonds is 5. The molecule has 0 radical (unpaired) electrons. The third kappa shape index (κ3) is 6.51.